The van der Waals surface area contributed by atoms with Crippen molar-refractivity contribution in [3.05, 3.63) is 5.21 Å². The van der Waals surface area contributed by atoms with Crippen LogP contribution in [-0.2, 0) is 4.84 Å². The van der Waals surface area contributed by atoms with Crippen LogP contribution in [0.1, 0.15) is 0 Å². The molecule has 0 spiro atoms. The lowest BCUT2D eigenvalue weighted by Crippen LogP contribution is -2.04. The Kier molecular flexibility index (Phi) is 0.567. The van der Waals surface area contributed by atoms with E-state index in [-0.39, 0.29) is 11.6 Å². The van der Waals surface area contributed by atoms with Crippen LogP contribution in [0.25, 0.3) is 0 Å². The van der Waals surface area contributed by atoms with Gasteiger partial charge in [0.05, 0.1) is 0 Å². The second kappa shape index (κ2) is 1.04. The number of rotatable bonds is 0. The molecule has 1 aliphatic rings. The van der Waals surface area contributed by atoms with E-state index >= 15 is 0 Å². The molecule has 6 heavy (non-hydrogen) atoms. The minimum absolute atomic E-state index is 0.240. The summed E-state index contributed by atoms with van der Waals surface area (Å²) >= 11 is 0. The molecule has 0 aromatic heterocycles. The Morgan fingerprint density at radius 3 is 3.00 bits per heavy atom. The SMILES string of the molecule is [O-][N+]1=[C]NCO1. The van der Waals surface area contributed by atoms with Gasteiger partial charge >= 0.3 is 6.34 Å². The van der Waals surface area contributed by atoms with Gasteiger partial charge in [-0.1, -0.05) is 0 Å². The van der Waals surface area contributed by atoms with E-state index in [4.69, 9.17) is 0 Å². The maximum absolute atomic E-state index is 9.76. The van der Waals surface area contributed by atoms with Crippen molar-refractivity contribution >= 4 is 6.34 Å². The first-order valence-electron chi connectivity index (χ1n) is 1.48. The third-order valence-corrected chi connectivity index (χ3v) is 0.424. The Bertz CT molecular complexity index is 79.6. The molecule has 33 valence electrons. The molecule has 0 fully saturated rings. The summed E-state index contributed by atoms with van der Waals surface area (Å²) in [6.45, 7) is 0.240. The fourth-order valence-corrected chi connectivity index (χ4v) is 0.220. The fraction of sp³-hybridized carbons (Fsp3) is 0.500. The molecule has 1 N–H and O–H groups in total. The van der Waals surface area contributed by atoms with Crippen molar-refractivity contribution in [3.8, 4) is 0 Å². The van der Waals surface area contributed by atoms with Crippen LogP contribution in [0.5, 0.6) is 0 Å². The molecule has 0 aromatic rings. The molecular weight excluding hydrogens is 84.0 g/mol. The number of hydrogen-bond acceptors (Lipinski definition) is 3. The third-order valence-electron chi connectivity index (χ3n) is 0.424. The normalized spacial score (nSPS) is 18.3. The largest absolute Gasteiger partial charge is 0.431 e. The summed E-state index contributed by atoms with van der Waals surface area (Å²) in [4.78, 5) is 4.46. The fourth-order valence-electron chi connectivity index (χ4n) is 0.220. The first kappa shape index (κ1) is 3.27. The van der Waals surface area contributed by atoms with Gasteiger partial charge in [0.15, 0.2) is 6.73 Å². The number of nitrogens with zero attached hydrogens (tertiary/aromatic N) is 1. The first-order valence-corrected chi connectivity index (χ1v) is 1.48. The van der Waals surface area contributed by atoms with Crippen molar-refractivity contribution in [3.63, 3.8) is 0 Å². The predicted octanol–water partition coefficient (Wildman–Crippen LogP) is -1.11. The lowest BCUT2D eigenvalue weighted by molar-refractivity contribution is -0.728. The van der Waals surface area contributed by atoms with Crippen molar-refractivity contribution in [2.24, 2.45) is 0 Å². The van der Waals surface area contributed by atoms with E-state index in [9.17, 15) is 5.21 Å². The van der Waals surface area contributed by atoms with Gasteiger partial charge in [-0.05, 0) is 4.90 Å². The molecule has 1 aliphatic heterocycles. The van der Waals surface area contributed by atoms with E-state index in [1.165, 1.54) is 0 Å². The van der Waals surface area contributed by atoms with Gasteiger partial charge in [-0.3, -0.25) is 5.32 Å². The second-order valence-electron chi connectivity index (χ2n) is 0.819. The first-order chi connectivity index (χ1) is 2.89. The van der Waals surface area contributed by atoms with Crippen LogP contribution in [0.15, 0.2) is 0 Å². The Labute approximate surface area is 34.6 Å². The summed E-state index contributed by atoms with van der Waals surface area (Å²) < 4.78 is 0. The summed E-state index contributed by atoms with van der Waals surface area (Å²) in [6, 6.07) is 0. The monoisotopic (exact) mass is 87.0 g/mol. The van der Waals surface area contributed by atoms with E-state index in [2.05, 4.69) is 16.5 Å². The molecule has 4 nitrogen and oxygen atoms in total. The van der Waals surface area contributed by atoms with Gasteiger partial charge in [-0.15, -0.1) is 0 Å². The van der Waals surface area contributed by atoms with E-state index in [0.717, 1.165) is 0 Å². The highest BCUT2D eigenvalue weighted by atomic mass is 16.9. The van der Waals surface area contributed by atoms with Crippen molar-refractivity contribution in [2.75, 3.05) is 6.73 Å². The molecule has 1 rings (SSSR count). The minimum Gasteiger partial charge on any atom is -0.431 e. The van der Waals surface area contributed by atoms with E-state index in [1.807, 2.05) is 0 Å². The summed E-state index contributed by atoms with van der Waals surface area (Å²) in [5, 5.41) is 12.2. The molecule has 0 aliphatic carbocycles. The second-order valence-corrected chi connectivity index (χ2v) is 0.819. The molecule has 4 heteroatoms. The maximum atomic E-state index is 9.76. The molecule has 0 bridgehead atoms. The zero-order chi connectivity index (χ0) is 4.41. The molecule has 0 atom stereocenters. The number of nitrogens with one attached hydrogen (secondary N) is 1. The van der Waals surface area contributed by atoms with Crippen LogP contribution in [0.2, 0.25) is 0 Å². The smallest absolute Gasteiger partial charge is 0.410 e. The molecule has 0 saturated heterocycles. The third kappa shape index (κ3) is 0.357. The van der Waals surface area contributed by atoms with Crippen molar-refractivity contribution < 1.29 is 9.74 Å². The Balaban J connectivity index is 2.45. The van der Waals surface area contributed by atoms with Crippen LogP contribution in [-0.4, -0.2) is 18.0 Å². The standard InChI is InChI=1S/C2H3N2O2/c5-4-1-3-2-6-4/h3H,2H2. The molecule has 0 saturated carbocycles. The highest BCUT2D eigenvalue weighted by molar-refractivity contribution is 5.47. The van der Waals surface area contributed by atoms with Gasteiger partial charge in [0, 0.05) is 0 Å². The van der Waals surface area contributed by atoms with Gasteiger partial charge < -0.3 is 10.0 Å². The molecule has 1 radical (unpaired) electrons. The van der Waals surface area contributed by atoms with Gasteiger partial charge in [-0.2, -0.15) is 0 Å². The van der Waals surface area contributed by atoms with E-state index < -0.39 is 0 Å². The molecule has 0 unspecified atom stereocenters. The van der Waals surface area contributed by atoms with Gasteiger partial charge in [0.1, 0.15) is 0 Å². The lowest BCUT2D eigenvalue weighted by Gasteiger charge is -1.92. The highest BCUT2D eigenvalue weighted by Gasteiger charge is 1.96. The minimum atomic E-state index is 0.240. The molecule has 0 amide bonds. The predicted molar refractivity (Wildman–Crippen MR) is 17.7 cm³/mol. The average Bonchev–Trinajstić information content (AvgIpc) is 1.86. The van der Waals surface area contributed by atoms with E-state index in [1.54, 1.807) is 0 Å². The summed E-state index contributed by atoms with van der Waals surface area (Å²) in [5.41, 5.74) is 0. The highest BCUT2D eigenvalue weighted by Crippen LogP contribution is 1.74. The Morgan fingerprint density at radius 2 is 2.83 bits per heavy atom. The number of hydrogen-bond donors (Lipinski definition) is 1. The summed E-state index contributed by atoms with van der Waals surface area (Å²) in [6.07, 6.45) is 2.12. The molecule has 0 aromatic carbocycles. The molecular formula is C2H3N2O2. The quantitative estimate of drug-likeness (QED) is 0.381. The summed E-state index contributed by atoms with van der Waals surface area (Å²) in [7, 11) is 0. The maximum Gasteiger partial charge on any atom is 0.410 e. The zero-order valence-electron chi connectivity index (χ0n) is 2.97. The Hall–Kier alpha value is -0.930. The van der Waals surface area contributed by atoms with Crippen LogP contribution < -0.4 is 5.32 Å². The van der Waals surface area contributed by atoms with Gasteiger partial charge in [0.25, 0.3) is 0 Å². The lowest BCUT2D eigenvalue weighted by atomic mass is 11.2. The summed E-state index contributed by atoms with van der Waals surface area (Å²) in [5.74, 6) is 0. The van der Waals surface area contributed by atoms with Crippen molar-refractivity contribution in [1.29, 1.82) is 0 Å². The molecule has 1 heterocycles. The van der Waals surface area contributed by atoms with Crippen molar-refractivity contribution in [1.82, 2.24) is 5.32 Å². The average molecular weight is 87.1 g/mol. The van der Waals surface area contributed by atoms with Crippen LogP contribution in [0, 0.1) is 5.21 Å². The topological polar surface area (TPSA) is 47.3 Å². The Morgan fingerprint density at radius 1 is 2.00 bits per heavy atom. The van der Waals surface area contributed by atoms with E-state index in [0.29, 0.717) is 0 Å². The van der Waals surface area contributed by atoms with Crippen LogP contribution >= 0.6 is 0 Å². The van der Waals surface area contributed by atoms with Crippen LogP contribution in [0.3, 0.4) is 0 Å². The van der Waals surface area contributed by atoms with Gasteiger partial charge in [0.2, 0.25) is 0 Å². The van der Waals surface area contributed by atoms with Crippen molar-refractivity contribution in [2.45, 2.75) is 0 Å². The van der Waals surface area contributed by atoms with Gasteiger partial charge in [-0.25, -0.2) is 0 Å². The zero-order valence-corrected chi connectivity index (χ0v) is 2.97. The van der Waals surface area contributed by atoms with Crippen LogP contribution in [0.4, 0.5) is 0 Å².